The van der Waals surface area contributed by atoms with E-state index in [1.807, 2.05) is 6.07 Å². The molecule has 0 unspecified atom stereocenters. The Labute approximate surface area is 149 Å². The number of anilines is 1. The van der Waals surface area contributed by atoms with Crippen LogP contribution in [0.2, 0.25) is 0 Å². The second kappa shape index (κ2) is 6.93. The molecule has 2 N–H and O–H groups in total. The number of nitrogens with one attached hydrogen (secondary N) is 1. The van der Waals surface area contributed by atoms with Gasteiger partial charge < -0.3 is 14.6 Å². The molecule has 0 radical (unpaired) electrons. The van der Waals surface area contributed by atoms with Gasteiger partial charge in [-0.15, -0.1) is 0 Å². The summed E-state index contributed by atoms with van der Waals surface area (Å²) in [5, 5.41) is 18.2. The van der Waals surface area contributed by atoms with Gasteiger partial charge in [-0.05, 0) is 24.3 Å². The molecular weight excluding hydrogens is 360 g/mol. The second-order valence-electron chi connectivity index (χ2n) is 5.44. The monoisotopic (exact) mass is 374 g/mol. The fourth-order valence-corrected chi connectivity index (χ4v) is 3.45. The van der Waals surface area contributed by atoms with Crippen molar-refractivity contribution in [1.82, 2.24) is 0 Å². The summed E-state index contributed by atoms with van der Waals surface area (Å²) in [5.41, 5.74) is -0.0802. The van der Waals surface area contributed by atoms with Gasteiger partial charge in [0.1, 0.15) is 0 Å². The Hall–Kier alpha value is -3.25. The third kappa shape index (κ3) is 3.55. The van der Waals surface area contributed by atoms with Crippen LogP contribution in [-0.2, 0) is 10.0 Å². The number of nitriles is 1. The zero-order chi connectivity index (χ0) is 18.7. The molecule has 26 heavy (non-hydrogen) atoms. The van der Waals surface area contributed by atoms with Crippen LogP contribution in [-0.4, -0.2) is 32.7 Å². The molecule has 0 spiro atoms. The van der Waals surface area contributed by atoms with Crippen LogP contribution in [0.3, 0.4) is 0 Å². The molecule has 1 aliphatic heterocycles. The van der Waals surface area contributed by atoms with Gasteiger partial charge in [0.05, 0.1) is 41.0 Å². The van der Waals surface area contributed by atoms with E-state index in [1.54, 1.807) is 0 Å². The Morgan fingerprint density at radius 2 is 1.73 bits per heavy atom. The van der Waals surface area contributed by atoms with E-state index in [9.17, 15) is 18.3 Å². The third-order valence-corrected chi connectivity index (χ3v) is 5.04. The summed E-state index contributed by atoms with van der Waals surface area (Å²) in [4.78, 5) is 11.4. The average Bonchev–Trinajstić information content (AvgIpc) is 2.85. The van der Waals surface area contributed by atoms with Crippen molar-refractivity contribution < 1.29 is 27.8 Å². The van der Waals surface area contributed by atoms with Crippen LogP contribution < -0.4 is 14.2 Å². The zero-order valence-corrected chi connectivity index (χ0v) is 14.2. The lowest BCUT2D eigenvalue weighted by Gasteiger charge is -2.14. The van der Waals surface area contributed by atoms with Gasteiger partial charge in [-0.2, -0.15) is 5.26 Å². The molecule has 2 aromatic carbocycles. The quantitative estimate of drug-likeness (QED) is 0.840. The molecule has 0 fully saturated rings. The van der Waals surface area contributed by atoms with Crippen LogP contribution >= 0.6 is 0 Å². The average molecular weight is 374 g/mol. The van der Waals surface area contributed by atoms with Crippen molar-refractivity contribution in [3.05, 3.63) is 47.5 Å². The first-order valence-electron chi connectivity index (χ1n) is 7.60. The number of carboxylic acid groups (broad SMARTS) is 1. The fraction of sp³-hybridized carbons (Fsp3) is 0.176. The number of aromatic carboxylic acids is 1. The maximum absolute atomic E-state index is 12.6. The van der Waals surface area contributed by atoms with Gasteiger partial charge in [-0.25, -0.2) is 13.2 Å². The topological polar surface area (TPSA) is 126 Å². The van der Waals surface area contributed by atoms with Gasteiger partial charge in [0, 0.05) is 18.6 Å². The standard InChI is InChI=1S/C17H14N2O6S/c18-10-11-2-4-12(5-3-11)26(22,23)19-14-9-16-15(8-13(14)17(20)21)24-6-1-7-25-16/h2-5,8-9,19H,1,6-7H2,(H,20,21). The predicted octanol–water partition coefficient (Wildman–Crippen LogP) is 2.22. The van der Waals surface area contributed by atoms with Crippen molar-refractivity contribution in [2.75, 3.05) is 17.9 Å². The van der Waals surface area contributed by atoms with Crippen LogP contribution in [0.25, 0.3) is 0 Å². The molecule has 9 heteroatoms. The normalized spacial score (nSPS) is 13.3. The minimum Gasteiger partial charge on any atom is -0.490 e. The second-order valence-corrected chi connectivity index (χ2v) is 7.12. The highest BCUT2D eigenvalue weighted by atomic mass is 32.2. The van der Waals surface area contributed by atoms with Gasteiger partial charge in [0.15, 0.2) is 11.5 Å². The maximum atomic E-state index is 12.6. The van der Waals surface area contributed by atoms with E-state index in [-0.39, 0.29) is 27.6 Å². The minimum atomic E-state index is -4.05. The molecule has 0 bridgehead atoms. The summed E-state index contributed by atoms with van der Waals surface area (Å²) >= 11 is 0. The Kier molecular flexibility index (Phi) is 4.69. The summed E-state index contributed by atoms with van der Waals surface area (Å²) in [7, 11) is -4.05. The fourth-order valence-electron chi connectivity index (χ4n) is 2.38. The van der Waals surface area contributed by atoms with Crippen LogP contribution in [0, 0.1) is 11.3 Å². The summed E-state index contributed by atoms with van der Waals surface area (Å²) in [6.07, 6.45) is 0.628. The molecule has 1 heterocycles. The van der Waals surface area contributed by atoms with Gasteiger partial charge in [-0.3, -0.25) is 4.72 Å². The first kappa shape index (κ1) is 17.6. The molecule has 134 valence electrons. The Bertz CT molecular complexity index is 993. The van der Waals surface area contributed by atoms with Gasteiger partial charge in [0.25, 0.3) is 10.0 Å². The van der Waals surface area contributed by atoms with E-state index in [2.05, 4.69) is 4.72 Å². The Morgan fingerprint density at radius 3 is 2.31 bits per heavy atom. The van der Waals surface area contributed by atoms with E-state index in [0.717, 1.165) is 0 Å². The molecule has 2 aromatic rings. The van der Waals surface area contributed by atoms with Crippen LogP contribution in [0.15, 0.2) is 41.3 Å². The minimum absolute atomic E-state index is 0.0973. The Balaban J connectivity index is 2.01. The third-order valence-electron chi connectivity index (χ3n) is 3.66. The first-order chi connectivity index (χ1) is 12.4. The number of fused-ring (bicyclic) bond motifs is 1. The molecular formula is C17H14N2O6S. The number of hydrogen-bond acceptors (Lipinski definition) is 6. The summed E-state index contributed by atoms with van der Waals surface area (Å²) in [6, 6.07) is 9.69. The number of nitrogens with zero attached hydrogens (tertiary/aromatic N) is 1. The van der Waals surface area contributed by atoms with Gasteiger partial charge >= 0.3 is 5.97 Å². The lowest BCUT2D eigenvalue weighted by atomic mass is 10.1. The number of hydrogen-bond donors (Lipinski definition) is 2. The van der Waals surface area contributed by atoms with Crippen molar-refractivity contribution >= 4 is 21.7 Å². The number of carbonyl (C=O) groups is 1. The molecule has 0 aromatic heterocycles. The van der Waals surface area contributed by atoms with E-state index in [0.29, 0.717) is 25.2 Å². The predicted molar refractivity (Wildman–Crippen MR) is 91.0 cm³/mol. The van der Waals surface area contributed by atoms with E-state index < -0.39 is 16.0 Å². The molecule has 0 saturated carbocycles. The lowest BCUT2D eigenvalue weighted by Crippen LogP contribution is -2.16. The van der Waals surface area contributed by atoms with Crippen molar-refractivity contribution in [3.63, 3.8) is 0 Å². The maximum Gasteiger partial charge on any atom is 0.337 e. The first-order valence-corrected chi connectivity index (χ1v) is 9.09. The molecule has 3 rings (SSSR count). The van der Waals surface area contributed by atoms with Crippen LogP contribution in [0.1, 0.15) is 22.3 Å². The lowest BCUT2D eigenvalue weighted by molar-refractivity contribution is 0.0697. The number of rotatable bonds is 4. The highest BCUT2D eigenvalue weighted by Gasteiger charge is 2.23. The summed E-state index contributed by atoms with van der Waals surface area (Å²) in [5.74, 6) is -0.788. The SMILES string of the molecule is N#Cc1ccc(S(=O)(=O)Nc2cc3c(cc2C(=O)O)OCCCO3)cc1. The van der Waals surface area contributed by atoms with Crippen LogP contribution in [0.5, 0.6) is 11.5 Å². The van der Waals surface area contributed by atoms with Crippen molar-refractivity contribution in [2.45, 2.75) is 11.3 Å². The van der Waals surface area contributed by atoms with E-state index >= 15 is 0 Å². The molecule has 0 aliphatic carbocycles. The number of ether oxygens (including phenoxy) is 2. The van der Waals surface area contributed by atoms with Crippen molar-refractivity contribution in [3.8, 4) is 17.6 Å². The molecule has 1 aliphatic rings. The summed E-state index contributed by atoms with van der Waals surface area (Å²) < 4.78 is 38.3. The Morgan fingerprint density at radius 1 is 1.12 bits per heavy atom. The van der Waals surface area contributed by atoms with Gasteiger partial charge in [0.2, 0.25) is 0 Å². The van der Waals surface area contributed by atoms with Crippen molar-refractivity contribution in [1.29, 1.82) is 5.26 Å². The largest absolute Gasteiger partial charge is 0.490 e. The highest BCUT2D eigenvalue weighted by molar-refractivity contribution is 7.92. The highest BCUT2D eigenvalue weighted by Crippen LogP contribution is 2.36. The van der Waals surface area contributed by atoms with Gasteiger partial charge in [-0.1, -0.05) is 0 Å². The summed E-state index contributed by atoms with van der Waals surface area (Å²) in [6.45, 7) is 0.754. The zero-order valence-electron chi connectivity index (χ0n) is 13.4. The molecule has 0 amide bonds. The number of benzene rings is 2. The van der Waals surface area contributed by atoms with E-state index in [4.69, 9.17) is 14.7 Å². The van der Waals surface area contributed by atoms with Crippen LogP contribution in [0.4, 0.5) is 5.69 Å². The van der Waals surface area contributed by atoms with Crippen molar-refractivity contribution in [2.24, 2.45) is 0 Å². The molecule has 0 atom stereocenters. The number of sulfonamides is 1. The molecule has 0 saturated heterocycles. The number of carboxylic acids is 1. The smallest absolute Gasteiger partial charge is 0.337 e. The molecule has 8 nitrogen and oxygen atoms in total. The van der Waals surface area contributed by atoms with E-state index in [1.165, 1.54) is 36.4 Å².